The molecule has 0 saturated carbocycles. The minimum Gasteiger partial charge on any atom is -0.316 e. The van der Waals surface area contributed by atoms with Gasteiger partial charge in [-0.3, -0.25) is 0 Å². The van der Waals surface area contributed by atoms with Gasteiger partial charge in [0.15, 0.2) is 0 Å². The maximum absolute atomic E-state index is 4.33. The van der Waals surface area contributed by atoms with Crippen LogP contribution >= 0.6 is 15.9 Å². The van der Waals surface area contributed by atoms with Gasteiger partial charge in [-0.15, -0.1) is 10.2 Å². The van der Waals surface area contributed by atoms with Gasteiger partial charge in [0, 0.05) is 10.9 Å². The predicted molar refractivity (Wildman–Crippen MR) is 78.1 cm³/mol. The highest BCUT2D eigenvalue weighted by Gasteiger charge is 2.20. The number of nitrogens with zero attached hydrogens (tertiary/aromatic N) is 3. The number of aromatic nitrogens is 3. The molecule has 1 aliphatic heterocycles. The second kappa shape index (κ2) is 5.43. The van der Waals surface area contributed by atoms with E-state index in [1.165, 1.54) is 5.56 Å². The molecular formula is C14H17BrN4. The summed E-state index contributed by atoms with van der Waals surface area (Å²) in [5.74, 6) is 2.81. The van der Waals surface area contributed by atoms with Gasteiger partial charge < -0.3 is 9.88 Å². The van der Waals surface area contributed by atoms with E-state index in [0.717, 1.165) is 42.2 Å². The minimum atomic E-state index is 0.715. The highest BCUT2D eigenvalue weighted by molar-refractivity contribution is 9.10. The zero-order chi connectivity index (χ0) is 13.2. The molecule has 0 aliphatic carbocycles. The first-order valence-corrected chi connectivity index (χ1v) is 7.35. The topological polar surface area (TPSA) is 42.7 Å². The van der Waals surface area contributed by atoms with Crippen LogP contribution in [0.1, 0.15) is 17.2 Å². The normalized spacial score (nSPS) is 15.5. The summed E-state index contributed by atoms with van der Waals surface area (Å²) in [7, 11) is 0. The molecule has 0 spiro atoms. The zero-order valence-electron chi connectivity index (χ0n) is 10.9. The summed E-state index contributed by atoms with van der Waals surface area (Å²) in [5, 5.41) is 11.9. The molecule has 0 radical (unpaired) electrons. The molecular weight excluding hydrogens is 304 g/mol. The summed E-state index contributed by atoms with van der Waals surface area (Å²) in [4.78, 5) is 0. The van der Waals surface area contributed by atoms with Crippen LogP contribution in [0.25, 0.3) is 0 Å². The van der Waals surface area contributed by atoms with E-state index in [4.69, 9.17) is 0 Å². The highest BCUT2D eigenvalue weighted by Crippen LogP contribution is 2.16. The van der Waals surface area contributed by atoms with Gasteiger partial charge in [-0.05, 0) is 43.6 Å². The van der Waals surface area contributed by atoms with Crippen molar-refractivity contribution in [2.24, 2.45) is 5.92 Å². The fourth-order valence-electron chi connectivity index (χ4n) is 2.30. The molecule has 1 aliphatic rings. The Morgan fingerprint density at radius 1 is 1.26 bits per heavy atom. The number of halogens is 1. The van der Waals surface area contributed by atoms with Crippen molar-refractivity contribution in [1.82, 2.24) is 20.1 Å². The van der Waals surface area contributed by atoms with Gasteiger partial charge in [0.1, 0.15) is 11.6 Å². The summed E-state index contributed by atoms with van der Waals surface area (Å²) in [6.45, 7) is 5.07. The lowest BCUT2D eigenvalue weighted by Crippen LogP contribution is -2.43. The number of rotatable bonds is 4. The molecule has 0 amide bonds. The Morgan fingerprint density at radius 3 is 2.63 bits per heavy atom. The van der Waals surface area contributed by atoms with Crippen molar-refractivity contribution < 1.29 is 0 Å². The summed E-state index contributed by atoms with van der Waals surface area (Å²) in [6.07, 6.45) is 1.02. The van der Waals surface area contributed by atoms with Gasteiger partial charge in [0.25, 0.3) is 0 Å². The molecule has 0 atom stereocenters. The van der Waals surface area contributed by atoms with E-state index >= 15 is 0 Å². The van der Waals surface area contributed by atoms with E-state index in [0.29, 0.717) is 5.92 Å². The molecule has 0 unspecified atom stereocenters. The molecule has 2 aromatic rings. The van der Waals surface area contributed by atoms with Crippen molar-refractivity contribution in [3.63, 3.8) is 0 Å². The van der Waals surface area contributed by atoms with E-state index in [1.807, 2.05) is 6.92 Å². The SMILES string of the molecule is Cc1nnc(CC2CNC2)n1Cc1ccc(Br)cc1. The third kappa shape index (κ3) is 2.87. The third-order valence-corrected chi connectivity index (χ3v) is 4.13. The van der Waals surface area contributed by atoms with Crippen LogP contribution in [0.15, 0.2) is 28.7 Å². The van der Waals surface area contributed by atoms with Crippen LogP contribution in [0.3, 0.4) is 0 Å². The molecule has 0 bridgehead atoms. The molecule has 19 heavy (non-hydrogen) atoms. The van der Waals surface area contributed by atoms with Gasteiger partial charge in [0.2, 0.25) is 0 Å². The zero-order valence-corrected chi connectivity index (χ0v) is 12.5. The molecule has 1 saturated heterocycles. The van der Waals surface area contributed by atoms with E-state index in [9.17, 15) is 0 Å². The number of nitrogens with one attached hydrogen (secondary N) is 1. The Bertz CT molecular complexity index is 557. The van der Waals surface area contributed by atoms with Crippen molar-refractivity contribution >= 4 is 15.9 Å². The molecule has 1 fully saturated rings. The average Bonchev–Trinajstić information content (AvgIpc) is 2.69. The van der Waals surface area contributed by atoms with E-state index in [2.05, 4.69) is 60.3 Å². The quantitative estimate of drug-likeness (QED) is 0.938. The Balaban J connectivity index is 1.78. The van der Waals surface area contributed by atoms with E-state index in [1.54, 1.807) is 0 Å². The van der Waals surface area contributed by atoms with Crippen LogP contribution in [0.5, 0.6) is 0 Å². The van der Waals surface area contributed by atoms with Crippen molar-refractivity contribution in [2.45, 2.75) is 19.9 Å². The van der Waals surface area contributed by atoms with E-state index in [-0.39, 0.29) is 0 Å². The molecule has 4 nitrogen and oxygen atoms in total. The predicted octanol–water partition coefficient (Wildman–Crippen LogP) is 2.16. The Kier molecular flexibility index (Phi) is 3.66. The lowest BCUT2D eigenvalue weighted by molar-refractivity contribution is 0.337. The number of hydrogen-bond acceptors (Lipinski definition) is 3. The first kappa shape index (κ1) is 12.8. The molecule has 1 aromatic carbocycles. The van der Waals surface area contributed by atoms with Gasteiger partial charge in [-0.25, -0.2) is 0 Å². The lowest BCUT2D eigenvalue weighted by Gasteiger charge is -2.26. The summed E-state index contributed by atoms with van der Waals surface area (Å²) in [5.41, 5.74) is 1.28. The van der Waals surface area contributed by atoms with E-state index < -0.39 is 0 Å². The van der Waals surface area contributed by atoms with Gasteiger partial charge in [-0.1, -0.05) is 28.1 Å². The fraction of sp³-hybridized carbons (Fsp3) is 0.429. The first-order valence-electron chi connectivity index (χ1n) is 6.56. The van der Waals surface area contributed by atoms with Crippen LogP contribution < -0.4 is 5.32 Å². The smallest absolute Gasteiger partial charge is 0.133 e. The van der Waals surface area contributed by atoms with Gasteiger partial charge >= 0.3 is 0 Å². The summed E-state index contributed by atoms with van der Waals surface area (Å²) >= 11 is 3.46. The standard InChI is InChI=1S/C14H17BrN4/c1-10-17-18-14(6-12-7-16-8-12)19(10)9-11-2-4-13(15)5-3-11/h2-5,12,16H,6-9H2,1H3. The minimum absolute atomic E-state index is 0.715. The van der Waals surface area contributed by atoms with Crippen LogP contribution in [0.4, 0.5) is 0 Å². The maximum atomic E-state index is 4.33. The number of benzene rings is 1. The third-order valence-electron chi connectivity index (χ3n) is 3.60. The summed E-state index contributed by atoms with van der Waals surface area (Å²) < 4.78 is 3.33. The van der Waals surface area contributed by atoms with Crippen molar-refractivity contribution in [3.05, 3.63) is 46.0 Å². The molecule has 5 heteroatoms. The number of aryl methyl sites for hydroxylation is 1. The monoisotopic (exact) mass is 320 g/mol. The van der Waals surface area contributed by atoms with Crippen molar-refractivity contribution in [1.29, 1.82) is 0 Å². The maximum Gasteiger partial charge on any atom is 0.133 e. The Hall–Kier alpha value is -1.20. The van der Waals surface area contributed by atoms with Crippen molar-refractivity contribution in [2.75, 3.05) is 13.1 Å². The number of hydrogen-bond donors (Lipinski definition) is 1. The van der Waals surface area contributed by atoms with Crippen molar-refractivity contribution in [3.8, 4) is 0 Å². The second-order valence-corrected chi connectivity index (χ2v) is 6.02. The van der Waals surface area contributed by atoms with Crippen LogP contribution in [-0.2, 0) is 13.0 Å². The fourth-order valence-corrected chi connectivity index (χ4v) is 2.57. The molecule has 2 heterocycles. The lowest BCUT2D eigenvalue weighted by atomic mass is 9.99. The Morgan fingerprint density at radius 2 is 2.00 bits per heavy atom. The van der Waals surface area contributed by atoms with Crippen LogP contribution in [-0.4, -0.2) is 27.9 Å². The molecule has 100 valence electrons. The summed E-state index contributed by atoms with van der Waals surface area (Å²) in [6, 6.07) is 8.42. The Labute approximate surface area is 121 Å². The van der Waals surface area contributed by atoms with Gasteiger partial charge in [0.05, 0.1) is 6.54 Å². The molecule has 1 aromatic heterocycles. The average molecular weight is 321 g/mol. The largest absolute Gasteiger partial charge is 0.316 e. The highest BCUT2D eigenvalue weighted by atomic mass is 79.9. The molecule has 1 N–H and O–H groups in total. The first-order chi connectivity index (χ1) is 9.22. The second-order valence-electron chi connectivity index (χ2n) is 5.10. The van der Waals surface area contributed by atoms with Gasteiger partial charge in [-0.2, -0.15) is 0 Å². The van der Waals surface area contributed by atoms with Crippen LogP contribution in [0, 0.1) is 12.8 Å². The van der Waals surface area contributed by atoms with Crippen LogP contribution in [0.2, 0.25) is 0 Å². The molecule has 3 rings (SSSR count).